The summed E-state index contributed by atoms with van der Waals surface area (Å²) < 4.78 is 5.41. The van der Waals surface area contributed by atoms with Crippen LogP contribution in [0.2, 0.25) is 0 Å². The van der Waals surface area contributed by atoms with E-state index in [2.05, 4.69) is 4.98 Å². The number of hydrogen-bond donors (Lipinski definition) is 0. The molecule has 0 aliphatic rings. The van der Waals surface area contributed by atoms with E-state index in [-0.39, 0.29) is 0 Å². The first-order chi connectivity index (χ1) is 6.25. The fourth-order valence-corrected chi connectivity index (χ4v) is 1.16. The molecule has 2 heteroatoms. The lowest BCUT2D eigenvalue weighted by Gasteiger charge is -1.88. The Morgan fingerprint density at radius 2 is 1.85 bits per heavy atom. The lowest BCUT2D eigenvalue weighted by molar-refractivity contribution is 0.578. The van der Waals surface area contributed by atoms with Crippen molar-refractivity contribution in [3.63, 3.8) is 0 Å². The van der Waals surface area contributed by atoms with Crippen molar-refractivity contribution in [2.45, 2.75) is 27.7 Å². The van der Waals surface area contributed by atoms with Gasteiger partial charge in [-0.05, 0) is 19.9 Å². The van der Waals surface area contributed by atoms with E-state index in [9.17, 15) is 0 Å². The third-order valence-electron chi connectivity index (χ3n) is 1.66. The van der Waals surface area contributed by atoms with Crippen LogP contribution in [0.1, 0.15) is 25.3 Å². The van der Waals surface area contributed by atoms with Crippen LogP contribution < -0.4 is 0 Å². The van der Waals surface area contributed by atoms with Gasteiger partial charge in [0.25, 0.3) is 0 Å². The van der Waals surface area contributed by atoms with E-state index in [1.807, 2.05) is 46.0 Å². The second-order valence-electron chi connectivity index (χ2n) is 2.72. The maximum Gasteiger partial charge on any atom is 0.137 e. The zero-order valence-electron chi connectivity index (χ0n) is 8.59. The van der Waals surface area contributed by atoms with Gasteiger partial charge >= 0.3 is 0 Å². The number of aromatic nitrogens is 1. The summed E-state index contributed by atoms with van der Waals surface area (Å²) in [4.78, 5) is 4.16. The van der Waals surface area contributed by atoms with E-state index in [1.54, 1.807) is 0 Å². The predicted octanol–water partition coefficient (Wildman–Crippen LogP) is 3.47. The van der Waals surface area contributed by atoms with E-state index in [4.69, 9.17) is 4.42 Å². The zero-order chi connectivity index (χ0) is 9.84. The van der Waals surface area contributed by atoms with Gasteiger partial charge in [-0.15, -0.1) is 0 Å². The first-order valence-corrected chi connectivity index (χ1v) is 4.58. The van der Waals surface area contributed by atoms with Gasteiger partial charge in [0.05, 0.1) is 0 Å². The largest absolute Gasteiger partial charge is 0.461 e. The highest BCUT2D eigenvalue weighted by atomic mass is 16.3. The molecule has 13 heavy (non-hydrogen) atoms. The predicted molar refractivity (Wildman–Crippen MR) is 54.8 cm³/mol. The van der Waals surface area contributed by atoms with E-state index < -0.39 is 0 Å². The van der Waals surface area contributed by atoms with Crippen molar-refractivity contribution in [3.8, 4) is 0 Å². The number of furan rings is 1. The Morgan fingerprint density at radius 1 is 1.15 bits per heavy atom. The Hall–Kier alpha value is -1.31. The summed E-state index contributed by atoms with van der Waals surface area (Å²) in [7, 11) is 0. The molecule has 0 aliphatic carbocycles. The molecule has 2 aromatic rings. The highest BCUT2D eigenvalue weighted by Gasteiger charge is 1.99. The SMILES string of the molecule is CC.Cc1cc2oc(C)cc2cn1. The highest BCUT2D eigenvalue weighted by Crippen LogP contribution is 2.17. The third kappa shape index (κ3) is 2.08. The van der Waals surface area contributed by atoms with E-state index in [0.717, 1.165) is 22.4 Å². The summed E-state index contributed by atoms with van der Waals surface area (Å²) in [6.07, 6.45) is 1.83. The van der Waals surface area contributed by atoms with Gasteiger partial charge < -0.3 is 4.42 Å². The van der Waals surface area contributed by atoms with Crippen LogP contribution in [0.4, 0.5) is 0 Å². The molecule has 2 nitrogen and oxygen atoms in total. The monoisotopic (exact) mass is 177 g/mol. The van der Waals surface area contributed by atoms with Gasteiger partial charge in [-0.3, -0.25) is 4.98 Å². The van der Waals surface area contributed by atoms with Crippen LogP contribution in [-0.4, -0.2) is 4.98 Å². The molecule has 0 amide bonds. The molecule has 0 bridgehead atoms. The highest BCUT2D eigenvalue weighted by molar-refractivity contribution is 5.76. The van der Waals surface area contributed by atoms with Crippen molar-refractivity contribution in [2.75, 3.05) is 0 Å². The molecule has 0 saturated carbocycles. The summed E-state index contributed by atoms with van der Waals surface area (Å²) in [6.45, 7) is 7.90. The maximum absolute atomic E-state index is 5.41. The normalized spacial score (nSPS) is 9.54. The molecule has 2 heterocycles. The molecule has 0 aromatic carbocycles. The number of rotatable bonds is 0. The number of nitrogens with zero attached hydrogens (tertiary/aromatic N) is 1. The van der Waals surface area contributed by atoms with Gasteiger partial charge in [0.1, 0.15) is 11.3 Å². The zero-order valence-corrected chi connectivity index (χ0v) is 8.59. The first kappa shape index (κ1) is 9.78. The van der Waals surface area contributed by atoms with Gasteiger partial charge in [0, 0.05) is 23.3 Å². The van der Waals surface area contributed by atoms with Gasteiger partial charge in [0.15, 0.2) is 0 Å². The fraction of sp³-hybridized carbons (Fsp3) is 0.364. The number of aryl methyl sites for hydroxylation is 2. The smallest absolute Gasteiger partial charge is 0.137 e. The van der Waals surface area contributed by atoms with Gasteiger partial charge in [-0.2, -0.15) is 0 Å². The number of hydrogen-bond acceptors (Lipinski definition) is 2. The molecule has 2 aromatic heterocycles. The molecule has 0 spiro atoms. The second-order valence-corrected chi connectivity index (χ2v) is 2.72. The Bertz CT molecular complexity index is 390. The van der Waals surface area contributed by atoms with Crippen molar-refractivity contribution < 1.29 is 4.42 Å². The lowest BCUT2D eigenvalue weighted by atomic mass is 10.3. The summed E-state index contributed by atoms with van der Waals surface area (Å²) in [6, 6.07) is 3.93. The molecule has 0 N–H and O–H groups in total. The van der Waals surface area contributed by atoms with Crippen molar-refractivity contribution >= 4 is 11.0 Å². The molecule has 0 fully saturated rings. The van der Waals surface area contributed by atoms with Crippen molar-refractivity contribution in [2.24, 2.45) is 0 Å². The summed E-state index contributed by atoms with van der Waals surface area (Å²) in [5, 5.41) is 1.08. The quantitative estimate of drug-likeness (QED) is 0.615. The molecule has 70 valence electrons. The molecular weight excluding hydrogens is 162 g/mol. The number of fused-ring (bicyclic) bond motifs is 1. The van der Waals surface area contributed by atoms with Crippen LogP contribution in [0.15, 0.2) is 22.7 Å². The summed E-state index contributed by atoms with van der Waals surface area (Å²) in [5.74, 6) is 0.937. The van der Waals surface area contributed by atoms with Gasteiger partial charge in [-0.25, -0.2) is 0 Å². The standard InChI is InChI=1S/C9H9NO.C2H6/c1-6-3-9-8(5-10-6)4-7(2)11-9;1-2/h3-5H,1-2H3;1-2H3. The van der Waals surface area contributed by atoms with Crippen LogP contribution >= 0.6 is 0 Å². The summed E-state index contributed by atoms with van der Waals surface area (Å²) in [5.41, 5.74) is 1.92. The third-order valence-corrected chi connectivity index (χ3v) is 1.66. The fourth-order valence-electron chi connectivity index (χ4n) is 1.16. The minimum Gasteiger partial charge on any atom is -0.461 e. The second kappa shape index (κ2) is 4.08. The van der Waals surface area contributed by atoms with Crippen LogP contribution in [0.3, 0.4) is 0 Å². The van der Waals surface area contributed by atoms with Gasteiger partial charge in [0.2, 0.25) is 0 Å². The molecular formula is C11H15NO. The minimum absolute atomic E-state index is 0.926. The average molecular weight is 177 g/mol. The Kier molecular flexibility index (Phi) is 3.07. The van der Waals surface area contributed by atoms with Crippen molar-refractivity contribution in [3.05, 3.63) is 29.8 Å². The molecule has 0 saturated heterocycles. The maximum atomic E-state index is 5.41. The van der Waals surface area contributed by atoms with Crippen LogP contribution in [0, 0.1) is 13.8 Å². The number of pyridine rings is 1. The van der Waals surface area contributed by atoms with Crippen molar-refractivity contribution in [1.82, 2.24) is 4.98 Å². The first-order valence-electron chi connectivity index (χ1n) is 4.58. The minimum atomic E-state index is 0.926. The molecule has 2 rings (SSSR count). The molecule has 0 aliphatic heterocycles. The van der Waals surface area contributed by atoms with Crippen LogP contribution in [0.25, 0.3) is 11.0 Å². The summed E-state index contributed by atoms with van der Waals surface area (Å²) >= 11 is 0. The molecule has 0 radical (unpaired) electrons. The molecule has 0 unspecified atom stereocenters. The topological polar surface area (TPSA) is 26.0 Å². The van der Waals surface area contributed by atoms with Crippen LogP contribution in [0.5, 0.6) is 0 Å². The van der Waals surface area contributed by atoms with E-state index in [1.165, 1.54) is 0 Å². The van der Waals surface area contributed by atoms with E-state index in [0.29, 0.717) is 0 Å². The lowest BCUT2D eigenvalue weighted by Crippen LogP contribution is -1.76. The average Bonchev–Trinajstić information content (AvgIpc) is 2.48. The Labute approximate surface area is 78.6 Å². The molecule has 0 atom stereocenters. The van der Waals surface area contributed by atoms with E-state index >= 15 is 0 Å². The van der Waals surface area contributed by atoms with Crippen molar-refractivity contribution in [1.29, 1.82) is 0 Å². The van der Waals surface area contributed by atoms with Crippen LogP contribution in [-0.2, 0) is 0 Å². The Balaban J connectivity index is 0.000000396. The van der Waals surface area contributed by atoms with Gasteiger partial charge in [-0.1, -0.05) is 13.8 Å². The Morgan fingerprint density at radius 3 is 2.54 bits per heavy atom.